The van der Waals surface area contributed by atoms with Crippen LogP contribution in [0, 0.1) is 13.8 Å². The maximum atomic E-state index is 13.3. The molecule has 9 nitrogen and oxygen atoms in total. The average molecular weight is 449 g/mol. The molecule has 3 aromatic rings. The Morgan fingerprint density at radius 1 is 1.27 bits per heavy atom. The molecule has 1 saturated heterocycles. The van der Waals surface area contributed by atoms with Gasteiger partial charge in [-0.05, 0) is 75.0 Å². The van der Waals surface area contributed by atoms with E-state index in [1.165, 1.54) is 10.9 Å². The van der Waals surface area contributed by atoms with Crippen molar-refractivity contribution < 1.29 is 9.53 Å². The van der Waals surface area contributed by atoms with Crippen molar-refractivity contribution in [1.29, 1.82) is 0 Å². The number of amides is 1. The van der Waals surface area contributed by atoms with Gasteiger partial charge in [0.15, 0.2) is 0 Å². The second-order valence-electron chi connectivity index (χ2n) is 8.13. The van der Waals surface area contributed by atoms with Gasteiger partial charge in [0.05, 0.1) is 24.2 Å². The lowest BCUT2D eigenvalue weighted by molar-refractivity contribution is 0.102. The number of anilines is 2. The fourth-order valence-electron chi connectivity index (χ4n) is 4.27. The van der Waals surface area contributed by atoms with E-state index < -0.39 is 11.5 Å². The van der Waals surface area contributed by atoms with Gasteiger partial charge in [0.25, 0.3) is 11.5 Å². The zero-order valence-electron chi connectivity index (χ0n) is 19.0. The highest BCUT2D eigenvalue weighted by Gasteiger charge is 2.22. The first-order valence-corrected chi connectivity index (χ1v) is 11.0. The van der Waals surface area contributed by atoms with Crippen molar-refractivity contribution in [2.24, 2.45) is 0 Å². The minimum atomic E-state index is -0.626. The molecule has 1 amide bonds. The highest BCUT2D eigenvalue weighted by atomic mass is 16.5. The van der Waals surface area contributed by atoms with Crippen molar-refractivity contribution in [3.8, 4) is 11.4 Å². The number of aromatic nitrogens is 3. The molecule has 33 heavy (non-hydrogen) atoms. The molecule has 3 heterocycles. The van der Waals surface area contributed by atoms with Gasteiger partial charge in [-0.1, -0.05) is 0 Å². The number of nitrogen functional groups attached to an aromatic ring is 1. The molecular formula is C24H28N6O3. The third-order valence-electron chi connectivity index (χ3n) is 5.72. The number of hydrogen-bond donors (Lipinski definition) is 3. The number of nitrogens with two attached hydrogens (primary N) is 1. The predicted octanol–water partition coefficient (Wildman–Crippen LogP) is 2.90. The number of carbonyl (C=O) groups is 1. The van der Waals surface area contributed by atoms with Crippen molar-refractivity contribution in [3.63, 3.8) is 0 Å². The van der Waals surface area contributed by atoms with Gasteiger partial charge in [-0.25, -0.2) is 4.98 Å². The Hall–Kier alpha value is -3.72. The Balaban J connectivity index is 1.67. The number of nitrogens with one attached hydrogen (secondary N) is 2. The summed E-state index contributed by atoms with van der Waals surface area (Å²) in [6.07, 6.45) is 6.78. The lowest BCUT2D eigenvalue weighted by atomic mass is 10.1. The van der Waals surface area contributed by atoms with Crippen LogP contribution in [0.4, 0.5) is 11.5 Å². The summed E-state index contributed by atoms with van der Waals surface area (Å²) in [6, 6.07) is 5.77. The van der Waals surface area contributed by atoms with E-state index in [9.17, 15) is 9.59 Å². The maximum absolute atomic E-state index is 13.3. The van der Waals surface area contributed by atoms with E-state index >= 15 is 0 Å². The number of pyridine rings is 1. The molecule has 0 spiro atoms. The number of hydrogen-bond acceptors (Lipinski definition) is 7. The largest absolute Gasteiger partial charge is 0.494 e. The summed E-state index contributed by atoms with van der Waals surface area (Å²) in [5.74, 6) is -0.0368. The Morgan fingerprint density at radius 2 is 2.03 bits per heavy atom. The van der Waals surface area contributed by atoms with E-state index in [0.29, 0.717) is 18.0 Å². The zero-order chi connectivity index (χ0) is 23.5. The lowest BCUT2D eigenvalue weighted by Gasteiger charge is -2.16. The van der Waals surface area contributed by atoms with Crippen LogP contribution in [0.2, 0.25) is 0 Å². The average Bonchev–Trinajstić information content (AvgIpc) is 3.30. The quantitative estimate of drug-likeness (QED) is 0.530. The molecule has 4 rings (SSSR count). The molecule has 1 unspecified atom stereocenters. The molecule has 1 aromatic carbocycles. The third kappa shape index (κ3) is 4.58. The van der Waals surface area contributed by atoms with Gasteiger partial charge in [0.2, 0.25) is 0 Å². The van der Waals surface area contributed by atoms with Crippen molar-refractivity contribution >= 4 is 17.4 Å². The number of benzene rings is 1. The van der Waals surface area contributed by atoms with Gasteiger partial charge in [0.1, 0.15) is 23.5 Å². The summed E-state index contributed by atoms with van der Waals surface area (Å²) < 4.78 is 6.94. The molecular weight excluding hydrogens is 420 g/mol. The van der Waals surface area contributed by atoms with Crippen molar-refractivity contribution in [2.45, 2.75) is 39.7 Å². The molecule has 0 radical (unpaired) electrons. The third-order valence-corrected chi connectivity index (χ3v) is 5.72. The van der Waals surface area contributed by atoms with E-state index in [2.05, 4.69) is 20.6 Å². The van der Waals surface area contributed by atoms with Crippen LogP contribution in [0.5, 0.6) is 5.75 Å². The van der Waals surface area contributed by atoms with Crippen LogP contribution in [0.25, 0.3) is 5.69 Å². The van der Waals surface area contributed by atoms with Crippen LogP contribution >= 0.6 is 0 Å². The molecule has 0 saturated carbocycles. The molecule has 4 N–H and O–H groups in total. The molecule has 1 fully saturated rings. The second kappa shape index (κ2) is 9.41. The Morgan fingerprint density at radius 3 is 2.70 bits per heavy atom. The van der Waals surface area contributed by atoms with E-state index in [0.717, 1.165) is 41.8 Å². The molecule has 1 aliphatic heterocycles. The number of aryl methyl sites for hydroxylation is 2. The van der Waals surface area contributed by atoms with Gasteiger partial charge >= 0.3 is 0 Å². The summed E-state index contributed by atoms with van der Waals surface area (Å²) in [5, 5.41) is 6.16. The predicted molar refractivity (Wildman–Crippen MR) is 127 cm³/mol. The fraction of sp³-hybridized carbons (Fsp3) is 0.333. The van der Waals surface area contributed by atoms with Crippen LogP contribution in [-0.4, -0.2) is 33.6 Å². The fourth-order valence-corrected chi connectivity index (χ4v) is 4.27. The summed E-state index contributed by atoms with van der Waals surface area (Å²) in [4.78, 5) is 34.8. The normalized spacial score (nSPS) is 15.4. The lowest BCUT2D eigenvalue weighted by Crippen LogP contribution is -2.31. The molecule has 0 bridgehead atoms. The van der Waals surface area contributed by atoms with Crippen molar-refractivity contribution in [1.82, 2.24) is 19.9 Å². The molecule has 1 aliphatic rings. The number of nitrogens with zero attached hydrogens (tertiary/aromatic N) is 3. The molecule has 172 valence electrons. The summed E-state index contributed by atoms with van der Waals surface area (Å²) in [5.41, 5.74) is 8.96. The smallest absolute Gasteiger partial charge is 0.272 e. The Bertz CT molecular complexity index is 1220. The summed E-state index contributed by atoms with van der Waals surface area (Å²) in [7, 11) is 0. The number of rotatable bonds is 6. The highest BCUT2D eigenvalue weighted by Crippen LogP contribution is 2.26. The van der Waals surface area contributed by atoms with Crippen LogP contribution in [0.3, 0.4) is 0 Å². The minimum Gasteiger partial charge on any atom is -0.494 e. The molecule has 1 atom stereocenters. The standard InChI is InChI=1S/C24H28N6O3/c1-4-33-18-8-14(2)21(15(3)9-18)30-13-28-22(25)20(24(30)32)23(31)29-17-10-16(11-26-12-17)19-6-5-7-27-19/h8-13,19,27H,4-7,25H2,1-3H3,(H,29,31). The first-order chi connectivity index (χ1) is 15.9. The SMILES string of the molecule is CCOc1cc(C)c(-n2cnc(N)c(C(=O)Nc3cncc(C4CCCN4)c3)c2=O)c(C)c1. The highest BCUT2D eigenvalue weighted by molar-refractivity contribution is 6.06. The molecule has 0 aliphatic carbocycles. The van der Waals surface area contributed by atoms with Crippen molar-refractivity contribution in [2.75, 3.05) is 24.2 Å². The Kier molecular flexibility index (Phi) is 6.41. The maximum Gasteiger partial charge on any atom is 0.272 e. The van der Waals surface area contributed by atoms with Gasteiger partial charge in [0, 0.05) is 12.2 Å². The first-order valence-electron chi connectivity index (χ1n) is 11.0. The molecule has 9 heteroatoms. The van der Waals surface area contributed by atoms with Gasteiger partial charge in [-0.3, -0.25) is 19.1 Å². The second-order valence-corrected chi connectivity index (χ2v) is 8.13. The number of carbonyl (C=O) groups excluding carboxylic acids is 1. The van der Waals surface area contributed by atoms with Gasteiger partial charge < -0.3 is 21.1 Å². The van der Waals surface area contributed by atoms with Crippen molar-refractivity contribution in [3.05, 3.63) is 69.5 Å². The topological polar surface area (TPSA) is 124 Å². The van der Waals surface area contributed by atoms with E-state index in [4.69, 9.17) is 10.5 Å². The zero-order valence-corrected chi connectivity index (χ0v) is 19.0. The summed E-state index contributed by atoms with van der Waals surface area (Å²) >= 11 is 0. The van der Waals surface area contributed by atoms with Crippen LogP contribution in [-0.2, 0) is 0 Å². The van der Waals surface area contributed by atoms with E-state index in [-0.39, 0.29) is 17.4 Å². The first kappa shape index (κ1) is 22.5. The van der Waals surface area contributed by atoms with Crippen LogP contribution in [0.1, 0.15) is 52.9 Å². The molecule has 2 aromatic heterocycles. The van der Waals surface area contributed by atoms with Gasteiger partial charge in [-0.2, -0.15) is 0 Å². The van der Waals surface area contributed by atoms with Gasteiger partial charge in [-0.15, -0.1) is 0 Å². The van der Waals surface area contributed by atoms with E-state index in [1.54, 1.807) is 12.4 Å². The van der Waals surface area contributed by atoms with E-state index in [1.807, 2.05) is 39.0 Å². The number of ether oxygens (including phenoxy) is 1. The van der Waals surface area contributed by atoms with Crippen LogP contribution in [0.15, 0.2) is 41.7 Å². The Labute approximate surface area is 192 Å². The minimum absolute atomic E-state index is 0.128. The van der Waals surface area contributed by atoms with Crippen LogP contribution < -0.4 is 26.7 Å². The monoisotopic (exact) mass is 448 g/mol. The summed E-state index contributed by atoms with van der Waals surface area (Å²) in [6.45, 7) is 7.16.